The van der Waals surface area contributed by atoms with Gasteiger partial charge in [0.2, 0.25) is 15.9 Å². The highest BCUT2D eigenvalue weighted by Crippen LogP contribution is 2.22. The van der Waals surface area contributed by atoms with Gasteiger partial charge in [-0.25, -0.2) is 12.8 Å². The van der Waals surface area contributed by atoms with Crippen LogP contribution in [0.4, 0.5) is 10.1 Å². The summed E-state index contributed by atoms with van der Waals surface area (Å²) in [7, 11) is -4.02. The molecule has 1 amide bonds. The molecule has 0 aliphatic rings. The number of anilines is 1. The highest BCUT2D eigenvalue weighted by atomic mass is 32.2. The molecule has 31 heavy (non-hydrogen) atoms. The molecule has 0 aromatic heterocycles. The second-order valence-electron chi connectivity index (χ2n) is 7.22. The molecule has 162 valence electrons. The standard InChI is InChI=1S/C24H25FN2O3S/c1-3-20-11-7-8-18(2)24(20)26-23(28)17-27(16-19-9-5-4-6-10-19)31(29,30)22-14-12-21(25)13-15-22/h4-15H,3,16-17H2,1-2H3,(H,26,28). The third kappa shape index (κ3) is 5.57. The Hall–Kier alpha value is -3.03. The molecule has 5 nitrogen and oxygen atoms in total. The molecule has 0 atom stereocenters. The van der Waals surface area contributed by atoms with Crippen molar-refractivity contribution in [3.63, 3.8) is 0 Å². The van der Waals surface area contributed by atoms with Gasteiger partial charge in [0.15, 0.2) is 0 Å². The van der Waals surface area contributed by atoms with E-state index in [1.54, 1.807) is 24.3 Å². The normalized spacial score (nSPS) is 11.5. The van der Waals surface area contributed by atoms with Crippen LogP contribution in [0.5, 0.6) is 0 Å². The summed E-state index contributed by atoms with van der Waals surface area (Å²) in [5.74, 6) is -0.969. The zero-order valence-electron chi connectivity index (χ0n) is 17.5. The van der Waals surface area contributed by atoms with Crippen LogP contribution in [0.3, 0.4) is 0 Å². The number of nitrogens with zero attached hydrogens (tertiary/aromatic N) is 1. The van der Waals surface area contributed by atoms with E-state index in [0.29, 0.717) is 5.69 Å². The minimum atomic E-state index is -4.02. The van der Waals surface area contributed by atoms with Crippen LogP contribution in [-0.2, 0) is 27.8 Å². The molecule has 3 rings (SSSR count). The van der Waals surface area contributed by atoms with Gasteiger partial charge in [-0.15, -0.1) is 0 Å². The van der Waals surface area contributed by atoms with Crippen LogP contribution in [0, 0.1) is 12.7 Å². The molecule has 0 saturated heterocycles. The van der Waals surface area contributed by atoms with Gasteiger partial charge in [-0.05, 0) is 54.3 Å². The summed E-state index contributed by atoms with van der Waals surface area (Å²) >= 11 is 0. The lowest BCUT2D eigenvalue weighted by atomic mass is 10.1. The molecule has 3 aromatic rings. The first-order valence-electron chi connectivity index (χ1n) is 9.99. The van der Waals surface area contributed by atoms with Crippen molar-refractivity contribution >= 4 is 21.6 Å². The number of nitrogens with one attached hydrogen (secondary N) is 1. The second-order valence-corrected chi connectivity index (χ2v) is 9.16. The lowest BCUT2D eigenvalue weighted by Crippen LogP contribution is -2.37. The number of carbonyl (C=O) groups excluding carboxylic acids is 1. The Balaban J connectivity index is 1.90. The monoisotopic (exact) mass is 440 g/mol. The second kappa shape index (κ2) is 9.85. The summed E-state index contributed by atoms with van der Waals surface area (Å²) in [5.41, 5.74) is 3.33. The topological polar surface area (TPSA) is 66.5 Å². The molecule has 0 aliphatic heterocycles. The number of rotatable bonds is 8. The first kappa shape index (κ1) is 22.7. The quantitative estimate of drug-likeness (QED) is 0.560. The number of amides is 1. The molecule has 0 radical (unpaired) electrons. The predicted octanol–water partition coefficient (Wildman–Crippen LogP) is 4.53. The van der Waals surface area contributed by atoms with E-state index in [2.05, 4.69) is 5.32 Å². The number of benzene rings is 3. The number of sulfonamides is 1. The average Bonchev–Trinajstić information content (AvgIpc) is 2.75. The Morgan fingerprint density at radius 2 is 1.65 bits per heavy atom. The Morgan fingerprint density at radius 1 is 0.968 bits per heavy atom. The Kier molecular flexibility index (Phi) is 7.20. The van der Waals surface area contributed by atoms with Gasteiger partial charge in [0, 0.05) is 12.2 Å². The molecule has 0 bridgehead atoms. The minimum Gasteiger partial charge on any atom is -0.324 e. The summed E-state index contributed by atoms with van der Waals surface area (Å²) in [4.78, 5) is 12.8. The first-order chi connectivity index (χ1) is 14.8. The van der Waals surface area contributed by atoms with Crippen LogP contribution < -0.4 is 5.32 Å². The van der Waals surface area contributed by atoms with Gasteiger partial charge >= 0.3 is 0 Å². The fraction of sp³-hybridized carbons (Fsp3) is 0.208. The van der Waals surface area contributed by atoms with Crippen LogP contribution in [0.1, 0.15) is 23.6 Å². The third-order valence-electron chi connectivity index (χ3n) is 4.98. The Morgan fingerprint density at radius 3 is 2.29 bits per heavy atom. The van der Waals surface area contributed by atoms with E-state index in [1.165, 1.54) is 12.1 Å². The summed E-state index contributed by atoms with van der Waals surface area (Å²) in [5, 5.41) is 2.87. The summed E-state index contributed by atoms with van der Waals surface area (Å²) in [6, 6.07) is 19.4. The van der Waals surface area contributed by atoms with Crippen LogP contribution >= 0.6 is 0 Å². The summed E-state index contributed by atoms with van der Waals surface area (Å²) in [6.45, 7) is 3.53. The van der Waals surface area contributed by atoms with Crippen molar-refractivity contribution < 1.29 is 17.6 Å². The van der Waals surface area contributed by atoms with Crippen molar-refractivity contribution in [3.8, 4) is 0 Å². The van der Waals surface area contributed by atoms with Crippen molar-refractivity contribution in [2.24, 2.45) is 0 Å². The number of carbonyl (C=O) groups is 1. The maximum Gasteiger partial charge on any atom is 0.243 e. The summed E-state index contributed by atoms with van der Waals surface area (Å²) in [6.07, 6.45) is 0.735. The highest BCUT2D eigenvalue weighted by Gasteiger charge is 2.27. The van der Waals surface area contributed by atoms with Crippen LogP contribution in [-0.4, -0.2) is 25.2 Å². The first-order valence-corrected chi connectivity index (χ1v) is 11.4. The minimum absolute atomic E-state index is 0.0162. The van der Waals surface area contributed by atoms with E-state index in [9.17, 15) is 17.6 Å². The molecule has 3 aromatic carbocycles. The number of hydrogen-bond acceptors (Lipinski definition) is 3. The van der Waals surface area contributed by atoms with Gasteiger partial charge in [0.1, 0.15) is 5.82 Å². The van der Waals surface area contributed by atoms with Gasteiger partial charge in [-0.3, -0.25) is 4.79 Å². The van der Waals surface area contributed by atoms with Crippen molar-refractivity contribution in [1.29, 1.82) is 0 Å². The largest absolute Gasteiger partial charge is 0.324 e. The molecule has 7 heteroatoms. The third-order valence-corrected chi connectivity index (χ3v) is 6.78. The molecular weight excluding hydrogens is 415 g/mol. The molecule has 0 heterocycles. The van der Waals surface area contributed by atoms with Gasteiger partial charge < -0.3 is 5.32 Å². The predicted molar refractivity (Wildman–Crippen MR) is 120 cm³/mol. The van der Waals surface area contributed by atoms with Gasteiger partial charge in [0.05, 0.1) is 11.4 Å². The SMILES string of the molecule is CCc1cccc(C)c1NC(=O)CN(Cc1ccccc1)S(=O)(=O)c1ccc(F)cc1. The van der Waals surface area contributed by atoms with Crippen molar-refractivity contribution in [2.75, 3.05) is 11.9 Å². The fourth-order valence-corrected chi connectivity index (χ4v) is 4.69. The Labute approximate surface area is 182 Å². The molecule has 0 unspecified atom stereocenters. The smallest absolute Gasteiger partial charge is 0.243 e. The van der Waals surface area contributed by atoms with Gasteiger partial charge in [0.25, 0.3) is 0 Å². The van der Waals surface area contributed by atoms with Gasteiger partial charge in [-0.2, -0.15) is 4.31 Å². The zero-order valence-corrected chi connectivity index (χ0v) is 18.3. The van der Waals surface area contributed by atoms with Crippen LogP contribution in [0.15, 0.2) is 77.7 Å². The van der Waals surface area contributed by atoms with Crippen molar-refractivity contribution in [1.82, 2.24) is 4.31 Å². The van der Waals surface area contributed by atoms with Crippen molar-refractivity contribution in [2.45, 2.75) is 31.7 Å². The van der Waals surface area contributed by atoms with E-state index >= 15 is 0 Å². The zero-order chi connectivity index (χ0) is 22.4. The maximum atomic E-state index is 13.3. The van der Waals surface area contributed by atoms with E-state index in [1.807, 2.05) is 38.1 Å². The Bertz CT molecular complexity index is 1150. The highest BCUT2D eigenvalue weighted by molar-refractivity contribution is 7.89. The van der Waals surface area contributed by atoms with E-state index in [4.69, 9.17) is 0 Å². The van der Waals surface area contributed by atoms with Crippen molar-refractivity contribution in [3.05, 3.63) is 95.3 Å². The lowest BCUT2D eigenvalue weighted by Gasteiger charge is -2.23. The number of halogens is 1. The lowest BCUT2D eigenvalue weighted by molar-refractivity contribution is -0.116. The molecule has 1 N–H and O–H groups in total. The summed E-state index contributed by atoms with van der Waals surface area (Å²) < 4.78 is 40.9. The number of aryl methyl sites for hydroxylation is 2. The molecule has 0 aliphatic carbocycles. The number of para-hydroxylation sites is 1. The van der Waals surface area contributed by atoms with E-state index < -0.39 is 21.7 Å². The van der Waals surface area contributed by atoms with Crippen LogP contribution in [0.25, 0.3) is 0 Å². The van der Waals surface area contributed by atoms with Crippen LogP contribution in [0.2, 0.25) is 0 Å². The molecule has 0 spiro atoms. The van der Waals surface area contributed by atoms with Gasteiger partial charge in [-0.1, -0.05) is 55.5 Å². The average molecular weight is 441 g/mol. The maximum absolute atomic E-state index is 13.3. The van der Waals surface area contributed by atoms with E-state index in [0.717, 1.165) is 39.5 Å². The fourth-order valence-electron chi connectivity index (χ4n) is 3.31. The molecule has 0 fully saturated rings. The number of hydrogen-bond donors (Lipinski definition) is 1. The molecule has 0 saturated carbocycles. The molecular formula is C24H25FN2O3S. The van der Waals surface area contributed by atoms with E-state index in [-0.39, 0.29) is 18.0 Å².